The molecule has 0 aromatic heterocycles. The smallest absolute Gasteiger partial charge is 0.155 e. The van der Waals surface area contributed by atoms with E-state index in [9.17, 15) is 0 Å². The van der Waals surface area contributed by atoms with Gasteiger partial charge in [-0.15, -0.1) is 0 Å². The van der Waals surface area contributed by atoms with Gasteiger partial charge in [-0.1, -0.05) is 276 Å². The molecule has 0 spiro atoms. The Kier molecular flexibility index (Phi) is 16.4. The van der Waals surface area contributed by atoms with Crippen LogP contribution in [0, 0.1) is 6.92 Å². The number of para-hydroxylation sites is 1. The summed E-state index contributed by atoms with van der Waals surface area (Å²) in [6.45, 7) is 21.0. The zero-order valence-electron chi connectivity index (χ0n) is 53.3. The van der Waals surface area contributed by atoms with Crippen molar-refractivity contribution in [2.75, 3.05) is 4.90 Å². The summed E-state index contributed by atoms with van der Waals surface area (Å²) in [4.78, 5) is 32.8. The van der Waals surface area contributed by atoms with Crippen molar-refractivity contribution in [3.05, 3.63) is 267 Å². The maximum Gasteiger partial charge on any atom is 0.155 e. The Bertz CT molecular complexity index is 3950. The van der Waals surface area contributed by atoms with Crippen LogP contribution in [0.2, 0.25) is 0 Å². The first kappa shape index (κ1) is 59.5. The molecule has 9 aromatic rings. The highest BCUT2D eigenvalue weighted by Crippen LogP contribution is 2.57. The quantitative estimate of drug-likeness (QED) is 0.0473. The second-order valence-corrected chi connectivity index (χ2v) is 27.5. The van der Waals surface area contributed by atoms with E-state index in [-0.39, 0.29) is 33.2 Å². The van der Waals surface area contributed by atoms with Crippen LogP contribution in [0.25, 0.3) is 33.4 Å². The van der Waals surface area contributed by atoms with Crippen LogP contribution >= 0.6 is 0 Å². The van der Waals surface area contributed by atoms with E-state index < -0.39 is 5.41 Å². The zero-order valence-corrected chi connectivity index (χ0v) is 53.3. The van der Waals surface area contributed by atoms with Crippen molar-refractivity contribution in [3.63, 3.8) is 0 Å². The Morgan fingerprint density at radius 3 is 1.57 bits per heavy atom. The Balaban J connectivity index is 0.869. The van der Waals surface area contributed by atoms with Gasteiger partial charge in [-0.25, -0.2) is 0 Å². The van der Waals surface area contributed by atoms with Gasteiger partial charge in [-0.05, 0) is 175 Å². The van der Waals surface area contributed by atoms with Crippen molar-refractivity contribution in [2.45, 2.75) is 179 Å². The van der Waals surface area contributed by atoms with Crippen molar-refractivity contribution in [3.8, 4) is 33.4 Å². The number of carbonyl (C=O) groups is 2. The third-order valence-corrected chi connectivity index (χ3v) is 21.3. The lowest BCUT2D eigenvalue weighted by atomic mass is 9.60. The molecule has 0 N–H and O–H groups in total. The minimum atomic E-state index is -1.31. The fraction of sp³-hybridized carbons (Fsp3) is 0.333. The lowest BCUT2D eigenvalue weighted by molar-refractivity contribution is -0.133. The van der Waals surface area contributed by atoms with Crippen molar-refractivity contribution < 1.29 is 9.59 Å². The molecule has 3 aliphatic rings. The number of hydrogen-bond donors (Lipinski definition) is 0. The van der Waals surface area contributed by atoms with Crippen LogP contribution in [0.4, 0.5) is 17.1 Å². The fourth-order valence-electron chi connectivity index (χ4n) is 15.3. The molecule has 3 heteroatoms. The number of hydrogen-bond acceptors (Lipinski definition) is 3. The third kappa shape index (κ3) is 10.6. The van der Waals surface area contributed by atoms with Crippen molar-refractivity contribution in [1.82, 2.24) is 0 Å². The van der Waals surface area contributed by atoms with E-state index in [4.69, 9.17) is 0 Å². The number of fused-ring (bicyclic) bond motifs is 9. The van der Waals surface area contributed by atoms with Crippen molar-refractivity contribution in [2.24, 2.45) is 0 Å². The largest absolute Gasteiger partial charge is 0.311 e. The molecule has 0 fully saturated rings. The number of anilines is 3. The molecule has 9 aromatic carbocycles. The van der Waals surface area contributed by atoms with Crippen LogP contribution in [-0.2, 0) is 49.5 Å². The maximum atomic E-state index is 15.2. The average molecular weight is 1140 g/mol. The van der Waals surface area contributed by atoms with Crippen LogP contribution in [0.15, 0.2) is 206 Å². The van der Waals surface area contributed by atoms with E-state index >= 15 is 9.59 Å². The number of unbranched alkanes of at least 4 members (excludes halogenated alkanes) is 8. The number of aryl methyl sites for hydroxylation is 1. The topological polar surface area (TPSA) is 37.4 Å². The first-order valence-electron chi connectivity index (χ1n) is 32.9. The van der Waals surface area contributed by atoms with Gasteiger partial charge in [0, 0.05) is 40.7 Å². The van der Waals surface area contributed by atoms with Gasteiger partial charge in [0.2, 0.25) is 0 Å². The first-order valence-corrected chi connectivity index (χ1v) is 32.9. The van der Waals surface area contributed by atoms with Gasteiger partial charge < -0.3 is 4.90 Å². The molecule has 0 radical (unpaired) electrons. The SMILES string of the molecule is CCCCCCCC(=O)C1(C(=O)CCCCCCC)c2cc(C)ccc2-c2ccc(-c3ccc(N(c4ccccc4)c4ccc(C(C)(C)C(C)(C)c5ccc6c(c5)C5(Cc7ccccc7)Cc7cccc(c7)C(C)(C)c7ccc-6c5c7)cc4)cc3)cc21. The second-order valence-electron chi connectivity index (χ2n) is 27.5. The number of ketones is 2. The summed E-state index contributed by atoms with van der Waals surface area (Å²) in [5.74, 6) is 0.116. The Morgan fingerprint density at radius 1 is 0.437 bits per heavy atom. The summed E-state index contributed by atoms with van der Waals surface area (Å²) in [5, 5.41) is 0. The predicted octanol–water partition coefficient (Wildman–Crippen LogP) is 21.9. The third-order valence-electron chi connectivity index (χ3n) is 21.3. The first-order chi connectivity index (χ1) is 42.0. The highest BCUT2D eigenvalue weighted by Gasteiger charge is 2.54. The molecule has 0 aliphatic heterocycles. The number of nitrogens with zero attached hydrogens (tertiary/aromatic N) is 1. The number of benzene rings is 9. The summed E-state index contributed by atoms with van der Waals surface area (Å²) in [6.07, 6.45) is 13.1. The number of carbonyl (C=O) groups excluding carboxylic acids is 2. The van der Waals surface area contributed by atoms with Gasteiger partial charge in [0.25, 0.3) is 0 Å². The van der Waals surface area contributed by atoms with Crippen molar-refractivity contribution >= 4 is 28.6 Å². The van der Waals surface area contributed by atoms with Crippen LogP contribution in [0.5, 0.6) is 0 Å². The predicted molar refractivity (Wildman–Crippen MR) is 365 cm³/mol. The molecule has 0 heterocycles. The second kappa shape index (κ2) is 24.0. The monoisotopic (exact) mass is 1140 g/mol. The summed E-state index contributed by atoms with van der Waals surface area (Å²) in [7, 11) is 0. The van der Waals surface area contributed by atoms with Gasteiger partial charge in [0.15, 0.2) is 11.6 Å². The molecule has 0 saturated carbocycles. The summed E-state index contributed by atoms with van der Waals surface area (Å²) in [6, 6.07) is 77.3. The Hall–Kier alpha value is -7.88. The number of rotatable bonds is 23. The minimum Gasteiger partial charge on any atom is -0.311 e. The molecule has 3 aliphatic carbocycles. The van der Waals surface area contributed by atoms with E-state index in [2.05, 4.69) is 273 Å². The molecular formula is C84H89NO2. The fourth-order valence-corrected chi connectivity index (χ4v) is 15.3. The lowest BCUT2D eigenvalue weighted by Gasteiger charge is -2.44. The van der Waals surface area contributed by atoms with E-state index in [1.54, 1.807) is 0 Å². The molecule has 1 unspecified atom stereocenters. The van der Waals surface area contributed by atoms with Gasteiger partial charge in [-0.2, -0.15) is 0 Å². The molecular weight excluding hydrogens is 1050 g/mol. The molecule has 12 rings (SSSR count). The van der Waals surface area contributed by atoms with Crippen LogP contribution < -0.4 is 4.90 Å². The van der Waals surface area contributed by atoms with Crippen LogP contribution in [-0.4, -0.2) is 11.6 Å². The van der Waals surface area contributed by atoms with Crippen LogP contribution in [0.1, 0.15) is 194 Å². The Morgan fingerprint density at radius 2 is 0.931 bits per heavy atom. The van der Waals surface area contributed by atoms with E-state index in [1.807, 2.05) is 0 Å². The van der Waals surface area contributed by atoms with E-state index in [1.165, 1.54) is 55.6 Å². The lowest BCUT2D eigenvalue weighted by Crippen LogP contribution is -2.43. The summed E-state index contributed by atoms with van der Waals surface area (Å²) >= 11 is 0. The standard InChI is InChI=1S/C84H89NO2/c1-10-12-14-16-24-33-78(86)84(79(87)34-25-17-15-13-11-2)76-51-58(3)35-47-72(76)73-48-38-62(53-77(73)84)61-36-43-68(44-37-61)85(67-31-22-19-23-32-67)69-45-39-63(40-46-69)81(6,7)82(8,9)66-42-50-71-70-49-41-65-54-74(70)83(75(71)55-66,56-59-27-20-18-21-28-59)57-60-29-26-30-64(52-60)80(65,4)5/h18-23,26-32,35-55H,10-17,24-25,33-34,56-57H2,1-9H3. The molecule has 3 nitrogen and oxygen atoms in total. The molecule has 87 heavy (non-hydrogen) atoms. The van der Waals surface area contributed by atoms with Crippen LogP contribution in [0.3, 0.4) is 0 Å². The van der Waals surface area contributed by atoms with Gasteiger partial charge in [-0.3, -0.25) is 9.59 Å². The van der Waals surface area contributed by atoms with E-state index in [0.717, 1.165) is 133 Å². The minimum absolute atomic E-state index is 0.0581. The Labute approximate surface area is 520 Å². The van der Waals surface area contributed by atoms with Gasteiger partial charge >= 0.3 is 0 Å². The summed E-state index contributed by atoms with van der Waals surface area (Å²) in [5.41, 5.74) is 21.6. The molecule has 1 atom stereocenters. The van der Waals surface area contributed by atoms with Gasteiger partial charge in [0.1, 0.15) is 5.41 Å². The molecule has 0 amide bonds. The summed E-state index contributed by atoms with van der Waals surface area (Å²) < 4.78 is 0. The molecule has 4 bridgehead atoms. The highest BCUT2D eigenvalue weighted by molar-refractivity contribution is 6.20. The molecule has 0 saturated heterocycles. The average Bonchev–Trinajstić information content (AvgIpc) is 1.61. The van der Waals surface area contributed by atoms with E-state index in [0.29, 0.717) is 12.8 Å². The molecule has 442 valence electrons. The highest BCUT2D eigenvalue weighted by atomic mass is 16.2. The normalized spacial score (nSPS) is 15.8. The zero-order chi connectivity index (χ0) is 60.7. The van der Waals surface area contributed by atoms with Gasteiger partial charge in [0.05, 0.1) is 0 Å². The van der Waals surface area contributed by atoms with Crippen molar-refractivity contribution in [1.29, 1.82) is 0 Å². The maximum absolute atomic E-state index is 15.2. The number of Topliss-reactive ketones (excluding diaryl/α,β-unsaturated/α-hetero) is 2.